The number of halogens is 1. The third-order valence-corrected chi connectivity index (χ3v) is 2.74. The van der Waals surface area contributed by atoms with Gasteiger partial charge in [0.05, 0.1) is 5.69 Å². The van der Waals surface area contributed by atoms with E-state index < -0.39 is 0 Å². The van der Waals surface area contributed by atoms with Crippen molar-refractivity contribution in [2.24, 2.45) is 5.73 Å². The van der Waals surface area contributed by atoms with Crippen LogP contribution in [-0.4, -0.2) is 23.1 Å². The predicted molar refractivity (Wildman–Crippen MR) is 59.1 cm³/mol. The molecular weight excluding hydrogens is 244 g/mol. The molecule has 76 valence electrons. The van der Waals surface area contributed by atoms with Crippen molar-refractivity contribution in [1.29, 1.82) is 0 Å². The standard InChI is InChI=1S/C9H13BrN4/c10-8-5-7(6-11)12-9(13-8)14-3-1-2-4-14/h5H,1-4,6,11H2. The monoisotopic (exact) mass is 256 g/mol. The first kappa shape index (κ1) is 9.86. The molecule has 0 radical (unpaired) electrons. The molecule has 4 nitrogen and oxygen atoms in total. The fraction of sp³-hybridized carbons (Fsp3) is 0.556. The smallest absolute Gasteiger partial charge is 0.226 e. The Morgan fingerprint density at radius 3 is 2.71 bits per heavy atom. The lowest BCUT2D eigenvalue weighted by Crippen LogP contribution is -2.21. The highest BCUT2D eigenvalue weighted by Gasteiger charge is 2.15. The Labute approximate surface area is 91.7 Å². The van der Waals surface area contributed by atoms with Crippen molar-refractivity contribution in [2.75, 3.05) is 18.0 Å². The van der Waals surface area contributed by atoms with Gasteiger partial charge >= 0.3 is 0 Å². The number of anilines is 1. The highest BCUT2D eigenvalue weighted by molar-refractivity contribution is 9.10. The molecule has 0 amide bonds. The van der Waals surface area contributed by atoms with E-state index >= 15 is 0 Å². The van der Waals surface area contributed by atoms with Crippen molar-refractivity contribution in [2.45, 2.75) is 19.4 Å². The Hall–Kier alpha value is -0.680. The third-order valence-electron chi connectivity index (χ3n) is 2.33. The van der Waals surface area contributed by atoms with E-state index in [1.165, 1.54) is 12.8 Å². The molecule has 1 aliphatic rings. The van der Waals surface area contributed by atoms with Crippen LogP contribution in [0.5, 0.6) is 0 Å². The molecule has 0 unspecified atom stereocenters. The van der Waals surface area contributed by atoms with E-state index in [4.69, 9.17) is 5.73 Å². The SMILES string of the molecule is NCc1cc(Br)nc(N2CCCC2)n1. The van der Waals surface area contributed by atoms with Gasteiger partial charge in [-0.2, -0.15) is 0 Å². The molecule has 1 aromatic heterocycles. The zero-order valence-corrected chi connectivity index (χ0v) is 9.50. The molecule has 2 N–H and O–H groups in total. The van der Waals surface area contributed by atoms with Crippen molar-refractivity contribution in [1.82, 2.24) is 9.97 Å². The first-order valence-corrected chi connectivity index (χ1v) is 5.57. The Kier molecular flexibility index (Phi) is 2.98. The Bertz CT molecular complexity index is 323. The lowest BCUT2D eigenvalue weighted by Gasteiger charge is -2.15. The predicted octanol–water partition coefficient (Wildman–Crippen LogP) is 1.30. The molecule has 14 heavy (non-hydrogen) atoms. The van der Waals surface area contributed by atoms with Gasteiger partial charge in [-0.25, -0.2) is 9.97 Å². The number of nitrogens with two attached hydrogens (primary N) is 1. The summed E-state index contributed by atoms with van der Waals surface area (Å²) in [5.74, 6) is 0.803. The second-order valence-electron chi connectivity index (χ2n) is 3.38. The van der Waals surface area contributed by atoms with E-state index in [2.05, 4.69) is 30.8 Å². The quantitative estimate of drug-likeness (QED) is 0.811. The molecule has 1 fully saturated rings. The van der Waals surface area contributed by atoms with Crippen LogP contribution in [0, 0.1) is 0 Å². The topological polar surface area (TPSA) is 55.0 Å². The maximum atomic E-state index is 5.56. The third kappa shape index (κ3) is 2.04. The first-order chi connectivity index (χ1) is 6.79. The summed E-state index contributed by atoms with van der Waals surface area (Å²) in [5, 5.41) is 0. The summed E-state index contributed by atoms with van der Waals surface area (Å²) in [6.45, 7) is 2.57. The van der Waals surface area contributed by atoms with Crippen molar-refractivity contribution in [3.8, 4) is 0 Å². The van der Waals surface area contributed by atoms with E-state index in [-0.39, 0.29) is 0 Å². The molecule has 0 bridgehead atoms. The van der Waals surface area contributed by atoms with Crippen LogP contribution in [0.25, 0.3) is 0 Å². The number of aromatic nitrogens is 2. The highest BCUT2D eigenvalue weighted by atomic mass is 79.9. The fourth-order valence-electron chi connectivity index (χ4n) is 1.61. The number of nitrogens with zero attached hydrogens (tertiary/aromatic N) is 3. The Morgan fingerprint density at radius 2 is 2.07 bits per heavy atom. The lowest BCUT2D eigenvalue weighted by molar-refractivity contribution is 0.862. The lowest BCUT2D eigenvalue weighted by atomic mass is 10.4. The largest absolute Gasteiger partial charge is 0.341 e. The van der Waals surface area contributed by atoms with Gasteiger partial charge in [0.2, 0.25) is 5.95 Å². The fourth-order valence-corrected chi connectivity index (χ4v) is 2.04. The van der Waals surface area contributed by atoms with Gasteiger partial charge in [0, 0.05) is 19.6 Å². The number of rotatable bonds is 2. The van der Waals surface area contributed by atoms with Crippen LogP contribution in [0.4, 0.5) is 5.95 Å². The summed E-state index contributed by atoms with van der Waals surface area (Å²) in [5.41, 5.74) is 6.44. The van der Waals surface area contributed by atoms with Crippen LogP contribution < -0.4 is 10.6 Å². The van der Waals surface area contributed by atoms with Gasteiger partial charge in [0.25, 0.3) is 0 Å². The van der Waals surface area contributed by atoms with Gasteiger partial charge in [0.15, 0.2) is 0 Å². The van der Waals surface area contributed by atoms with E-state index in [1.54, 1.807) is 0 Å². The van der Waals surface area contributed by atoms with Crippen LogP contribution in [0.2, 0.25) is 0 Å². The summed E-state index contributed by atoms with van der Waals surface area (Å²) in [6, 6.07) is 1.86. The molecule has 1 aromatic rings. The van der Waals surface area contributed by atoms with Gasteiger partial charge in [-0.3, -0.25) is 0 Å². The minimum atomic E-state index is 0.460. The van der Waals surface area contributed by atoms with Crippen molar-refractivity contribution in [3.05, 3.63) is 16.4 Å². The summed E-state index contributed by atoms with van der Waals surface area (Å²) in [6.07, 6.45) is 2.46. The van der Waals surface area contributed by atoms with E-state index in [0.29, 0.717) is 6.54 Å². The zero-order chi connectivity index (χ0) is 9.97. The van der Waals surface area contributed by atoms with Crippen LogP contribution >= 0.6 is 15.9 Å². The molecule has 0 atom stereocenters. The van der Waals surface area contributed by atoms with Crippen molar-refractivity contribution in [3.63, 3.8) is 0 Å². The molecule has 0 saturated carbocycles. The van der Waals surface area contributed by atoms with Gasteiger partial charge in [-0.15, -0.1) is 0 Å². The minimum absolute atomic E-state index is 0.460. The van der Waals surface area contributed by atoms with Gasteiger partial charge in [-0.05, 0) is 34.8 Å². The minimum Gasteiger partial charge on any atom is -0.341 e. The van der Waals surface area contributed by atoms with Crippen LogP contribution in [-0.2, 0) is 6.54 Å². The maximum Gasteiger partial charge on any atom is 0.226 e. The summed E-state index contributed by atoms with van der Waals surface area (Å²) < 4.78 is 0.815. The number of hydrogen-bond acceptors (Lipinski definition) is 4. The molecule has 2 heterocycles. The zero-order valence-electron chi connectivity index (χ0n) is 7.91. The molecule has 0 aliphatic carbocycles. The van der Waals surface area contributed by atoms with Gasteiger partial charge in [0.1, 0.15) is 4.60 Å². The van der Waals surface area contributed by atoms with E-state index in [1.807, 2.05) is 6.07 Å². The van der Waals surface area contributed by atoms with Crippen LogP contribution in [0.3, 0.4) is 0 Å². The Balaban J connectivity index is 2.27. The van der Waals surface area contributed by atoms with Crippen LogP contribution in [0.15, 0.2) is 10.7 Å². The average molecular weight is 257 g/mol. The highest BCUT2D eigenvalue weighted by Crippen LogP contribution is 2.18. The van der Waals surface area contributed by atoms with Crippen molar-refractivity contribution < 1.29 is 0 Å². The summed E-state index contributed by atoms with van der Waals surface area (Å²) in [4.78, 5) is 10.9. The summed E-state index contributed by atoms with van der Waals surface area (Å²) in [7, 11) is 0. The molecule has 0 aromatic carbocycles. The molecule has 0 spiro atoms. The van der Waals surface area contributed by atoms with Gasteiger partial charge < -0.3 is 10.6 Å². The van der Waals surface area contributed by atoms with Crippen molar-refractivity contribution >= 4 is 21.9 Å². The van der Waals surface area contributed by atoms with E-state index in [9.17, 15) is 0 Å². The first-order valence-electron chi connectivity index (χ1n) is 4.78. The number of hydrogen-bond donors (Lipinski definition) is 1. The second kappa shape index (κ2) is 4.23. The molecule has 5 heteroatoms. The molecule has 1 aliphatic heterocycles. The molecule has 1 saturated heterocycles. The Morgan fingerprint density at radius 1 is 1.36 bits per heavy atom. The normalized spacial score (nSPS) is 16.3. The van der Waals surface area contributed by atoms with E-state index in [0.717, 1.165) is 29.3 Å². The average Bonchev–Trinajstić information content (AvgIpc) is 2.69. The van der Waals surface area contributed by atoms with Crippen LogP contribution in [0.1, 0.15) is 18.5 Å². The maximum absolute atomic E-state index is 5.56. The van der Waals surface area contributed by atoms with Gasteiger partial charge in [-0.1, -0.05) is 0 Å². The molecular formula is C9H13BrN4. The second-order valence-corrected chi connectivity index (χ2v) is 4.19. The molecule has 2 rings (SSSR count). The summed E-state index contributed by atoms with van der Waals surface area (Å²) >= 11 is 3.37.